The number of ether oxygens (including phenoxy) is 1. The first-order valence-corrected chi connectivity index (χ1v) is 9.85. The summed E-state index contributed by atoms with van der Waals surface area (Å²) in [5, 5.41) is 5.53. The van der Waals surface area contributed by atoms with Crippen LogP contribution in [0.3, 0.4) is 0 Å². The van der Waals surface area contributed by atoms with Crippen molar-refractivity contribution in [1.82, 2.24) is 14.5 Å². The Morgan fingerprint density at radius 2 is 1.80 bits per heavy atom. The van der Waals surface area contributed by atoms with Gasteiger partial charge in [-0.05, 0) is 24.6 Å². The van der Waals surface area contributed by atoms with Crippen molar-refractivity contribution in [3.63, 3.8) is 0 Å². The molecule has 1 heterocycles. The van der Waals surface area contributed by atoms with E-state index in [1.165, 1.54) is 0 Å². The van der Waals surface area contributed by atoms with Crippen LogP contribution in [0.25, 0.3) is 10.9 Å². The smallest absolute Gasteiger partial charge is 0.214 e. The topological polar surface area (TPSA) is 73.2 Å². The van der Waals surface area contributed by atoms with Crippen LogP contribution in [0, 0.1) is 0 Å². The first kappa shape index (κ1) is 17.4. The zero-order valence-corrected chi connectivity index (χ0v) is 14.7. The van der Waals surface area contributed by atoms with E-state index >= 15 is 0 Å². The molecule has 7 heteroatoms. The fourth-order valence-electron chi connectivity index (χ4n) is 2.46. The monoisotopic (exact) mass is 359 g/mol. The standard InChI is InChI=1S/C18H21N3O3S/c22-25(23,14-13-24-17-8-2-1-3-9-17)19-11-6-12-21-15-16-7-4-5-10-18(16)20-21/h1-5,7-10,15,19H,6,11-14H2. The molecule has 0 aliphatic rings. The van der Waals surface area contributed by atoms with E-state index in [4.69, 9.17) is 4.74 Å². The summed E-state index contributed by atoms with van der Waals surface area (Å²) < 4.78 is 33.8. The van der Waals surface area contributed by atoms with Crippen molar-refractivity contribution in [3.05, 3.63) is 60.8 Å². The molecule has 0 saturated carbocycles. The third kappa shape index (κ3) is 5.30. The second kappa shape index (κ2) is 8.13. The van der Waals surface area contributed by atoms with Crippen molar-refractivity contribution in [2.75, 3.05) is 18.9 Å². The molecule has 1 aromatic heterocycles. The zero-order valence-electron chi connectivity index (χ0n) is 13.8. The van der Waals surface area contributed by atoms with Gasteiger partial charge in [-0.3, -0.25) is 4.68 Å². The predicted molar refractivity (Wildman–Crippen MR) is 98.1 cm³/mol. The SMILES string of the molecule is O=S(=O)(CCOc1ccccc1)NCCCn1cc2ccccc2n1. The molecule has 0 bridgehead atoms. The molecule has 0 amide bonds. The summed E-state index contributed by atoms with van der Waals surface area (Å²) in [7, 11) is -3.34. The fourth-order valence-corrected chi connectivity index (χ4v) is 3.36. The number of nitrogens with one attached hydrogen (secondary N) is 1. The predicted octanol–water partition coefficient (Wildman–Crippen LogP) is 2.42. The lowest BCUT2D eigenvalue weighted by Crippen LogP contribution is -2.30. The number of hydrogen-bond donors (Lipinski definition) is 1. The molecular formula is C18H21N3O3S. The molecule has 0 aliphatic carbocycles. The molecule has 25 heavy (non-hydrogen) atoms. The van der Waals surface area contributed by atoms with Crippen LogP contribution in [0.2, 0.25) is 0 Å². The number of fused-ring (bicyclic) bond motifs is 1. The Bertz CT molecular complexity index is 874. The van der Waals surface area contributed by atoms with Crippen molar-refractivity contribution >= 4 is 20.9 Å². The second-order valence-corrected chi connectivity index (χ2v) is 7.61. The third-order valence-corrected chi connectivity index (χ3v) is 5.06. The first-order valence-electron chi connectivity index (χ1n) is 8.20. The molecule has 0 spiro atoms. The molecule has 132 valence electrons. The number of para-hydroxylation sites is 1. The van der Waals surface area contributed by atoms with E-state index in [0.29, 0.717) is 25.3 Å². The molecule has 6 nitrogen and oxygen atoms in total. The van der Waals surface area contributed by atoms with Crippen molar-refractivity contribution in [3.8, 4) is 5.75 Å². The van der Waals surface area contributed by atoms with Gasteiger partial charge in [0, 0.05) is 24.7 Å². The van der Waals surface area contributed by atoms with E-state index in [1.54, 1.807) is 12.1 Å². The molecule has 0 unspecified atom stereocenters. The minimum atomic E-state index is -3.34. The summed E-state index contributed by atoms with van der Waals surface area (Å²) in [6, 6.07) is 17.1. The molecule has 0 atom stereocenters. The molecular weight excluding hydrogens is 338 g/mol. The van der Waals surface area contributed by atoms with E-state index in [-0.39, 0.29) is 12.4 Å². The van der Waals surface area contributed by atoms with Gasteiger partial charge in [0.05, 0.1) is 11.3 Å². The average molecular weight is 359 g/mol. The van der Waals surface area contributed by atoms with Crippen LogP contribution in [0.15, 0.2) is 60.8 Å². The maximum absolute atomic E-state index is 12.0. The van der Waals surface area contributed by atoms with Gasteiger partial charge >= 0.3 is 0 Å². The maximum Gasteiger partial charge on any atom is 0.214 e. The van der Waals surface area contributed by atoms with Crippen molar-refractivity contribution in [2.24, 2.45) is 0 Å². The Balaban J connectivity index is 1.38. The van der Waals surface area contributed by atoms with Crippen molar-refractivity contribution < 1.29 is 13.2 Å². The van der Waals surface area contributed by atoms with Gasteiger partial charge in [0.2, 0.25) is 10.0 Å². The fraction of sp³-hybridized carbons (Fsp3) is 0.278. The van der Waals surface area contributed by atoms with Gasteiger partial charge in [-0.1, -0.05) is 36.4 Å². The number of aryl methyl sites for hydroxylation is 1. The average Bonchev–Trinajstić information content (AvgIpc) is 3.02. The number of benzene rings is 2. The summed E-state index contributed by atoms with van der Waals surface area (Å²) >= 11 is 0. The van der Waals surface area contributed by atoms with Crippen LogP contribution in [0.1, 0.15) is 6.42 Å². The van der Waals surface area contributed by atoms with E-state index in [0.717, 1.165) is 10.9 Å². The summed E-state index contributed by atoms with van der Waals surface area (Å²) in [5.74, 6) is 0.608. The van der Waals surface area contributed by atoms with Crippen LogP contribution < -0.4 is 9.46 Å². The Kier molecular flexibility index (Phi) is 5.67. The molecule has 2 aromatic carbocycles. The number of rotatable bonds is 9. The molecule has 0 radical (unpaired) electrons. The van der Waals surface area contributed by atoms with E-state index in [1.807, 2.05) is 53.3 Å². The van der Waals surface area contributed by atoms with Crippen LogP contribution in [-0.4, -0.2) is 37.1 Å². The Morgan fingerprint density at radius 3 is 2.60 bits per heavy atom. The number of sulfonamides is 1. The van der Waals surface area contributed by atoms with Crippen LogP contribution >= 0.6 is 0 Å². The lowest BCUT2D eigenvalue weighted by molar-refractivity contribution is 0.340. The quantitative estimate of drug-likeness (QED) is 0.596. The molecule has 3 aromatic rings. The first-order chi connectivity index (χ1) is 12.1. The maximum atomic E-state index is 12.0. The largest absolute Gasteiger partial charge is 0.492 e. The molecule has 0 aliphatic heterocycles. The summed E-state index contributed by atoms with van der Waals surface area (Å²) in [6.07, 6.45) is 2.64. The Labute approximate surface area is 147 Å². The minimum absolute atomic E-state index is 0.0620. The number of aromatic nitrogens is 2. The lowest BCUT2D eigenvalue weighted by atomic mass is 10.3. The van der Waals surface area contributed by atoms with Crippen molar-refractivity contribution in [2.45, 2.75) is 13.0 Å². The Hall–Kier alpha value is -2.38. The minimum Gasteiger partial charge on any atom is -0.492 e. The van der Waals surface area contributed by atoms with Gasteiger partial charge in [-0.2, -0.15) is 5.10 Å². The van der Waals surface area contributed by atoms with Crippen LogP contribution in [-0.2, 0) is 16.6 Å². The third-order valence-electron chi connectivity index (χ3n) is 3.71. The zero-order chi connectivity index (χ0) is 17.5. The molecule has 1 N–H and O–H groups in total. The van der Waals surface area contributed by atoms with Gasteiger partial charge in [-0.25, -0.2) is 13.1 Å². The van der Waals surface area contributed by atoms with Crippen molar-refractivity contribution in [1.29, 1.82) is 0 Å². The Morgan fingerprint density at radius 1 is 1.04 bits per heavy atom. The number of nitrogens with zero attached hydrogens (tertiary/aromatic N) is 2. The molecule has 0 saturated heterocycles. The van der Waals surface area contributed by atoms with Gasteiger partial charge in [0.1, 0.15) is 12.4 Å². The molecule has 0 fully saturated rings. The highest BCUT2D eigenvalue weighted by molar-refractivity contribution is 7.89. The summed E-state index contributed by atoms with van der Waals surface area (Å²) in [6.45, 7) is 1.17. The highest BCUT2D eigenvalue weighted by Crippen LogP contribution is 2.11. The van der Waals surface area contributed by atoms with Gasteiger partial charge < -0.3 is 4.74 Å². The molecule has 3 rings (SSSR count). The lowest BCUT2D eigenvalue weighted by Gasteiger charge is -2.08. The van der Waals surface area contributed by atoms with Crippen LogP contribution in [0.5, 0.6) is 5.75 Å². The highest BCUT2D eigenvalue weighted by Gasteiger charge is 2.10. The summed E-state index contributed by atoms with van der Waals surface area (Å²) in [4.78, 5) is 0. The van der Waals surface area contributed by atoms with Gasteiger partial charge in [-0.15, -0.1) is 0 Å². The highest BCUT2D eigenvalue weighted by atomic mass is 32.2. The normalized spacial score (nSPS) is 11.7. The van der Waals surface area contributed by atoms with Gasteiger partial charge in [0.25, 0.3) is 0 Å². The van der Waals surface area contributed by atoms with E-state index in [2.05, 4.69) is 9.82 Å². The van der Waals surface area contributed by atoms with E-state index in [9.17, 15) is 8.42 Å². The number of hydrogen-bond acceptors (Lipinski definition) is 4. The van der Waals surface area contributed by atoms with Gasteiger partial charge in [0.15, 0.2) is 0 Å². The summed E-state index contributed by atoms with van der Waals surface area (Å²) in [5.41, 5.74) is 0.946. The van der Waals surface area contributed by atoms with Crippen LogP contribution in [0.4, 0.5) is 0 Å². The second-order valence-electron chi connectivity index (χ2n) is 5.68. The van der Waals surface area contributed by atoms with E-state index < -0.39 is 10.0 Å².